The lowest BCUT2D eigenvalue weighted by Gasteiger charge is -2.33. The minimum Gasteiger partial charge on any atom is -0.345 e. The molecule has 2 heterocycles. The first-order valence-electron chi connectivity index (χ1n) is 12.4. The van der Waals surface area contributed by atoms with Crippen molar-refractivity contribution in [3.05, 3.63) is 100 Å². The van der Waals surface area contributed by atoms with Crippen LogP contribution in [0.25, 0.3) is 0 Å². The molecule has 1 saturated heterocycles. The van der Waals surface area contributed by atoms with Gasteiger partial charge in [0.25, 0.3) is 11.8 Å². The number of amides is 2. The van der Waals surface area contributed by atoms with Crippen molar-refractivity contribution in [1.82, 2.24) is 15.2 Å². The molecule has 2 amide bonds. The highest BCUT2D eigenvalue weighted by Crippen LogP contribution is 2.32. The van der Waals surface area contributed by atoms with E-state index in [1.807, 2.05) is 25.1 Å². The number of piperidine rings is 1. The van der Waals surface area contributed by atoms with Crippen LogP contribution in [-0.4, -0.2) is 34.8 Å². The van der Waals surface area contributed by atoms with E-state index in [1.165, 1.54) is 35.4 Å². The third-order valence-corrected chi connectivity index (χ3v) is 7.24. The summed E-state index contributed by atoms with van der Waals surface area (Å²) in [7, 11) is 0. The molecule has 0 spiro atoms. The molecule has 2 aromatic carbocycles. The molecule has 0 unspecified atom stereocenters. The standard InChI is InChI=1S/C29H30FN3O2/c1-19-9-14-25(28(34)32-26-8-4-6-20-5-2-3-7-24(20)26)27(31-19)21-15-17-33(18-16-21)29(35)22-10-12-23(30)13-11-22/h2-3,5,7,9-14,21,26H,4,6,8,15-18H2,1H3,(H,32,34)/t26-/m0/s1. The van der Waals surface area contributed by atoms with Crippen LogP contribution >= 0.6 is 0 Å². The third-order valence-electron chi connectivity index (χ3n) is 7.24. The third kappa shape index (κ3) is 4.97. The summed E-state index contributed by atoms with van der Waals surface area (Å²) in [4.78, 5) is 32.9. The lowest BCUT2D eigenvalue weighted by molar-refractivity contribution is 0.0710. The van der Waals surface area contributed by atoms with E-state index in [4.69, 9.17) is 4.98 Å². The maximum atomic E-state index is 13.4. The number of rotatable bonds is 4. The number of carbonyl (C=O) groups excluding carboxylic acids is 2. The highest BCUT2D eigenvalue weighted by molar-refractivity contribution is 5.96. The first-order valence-corrected chi connectivity index (χ1v) is 12.4. The molecule has 5 nitrogen and oxygen atoms in total. The monoisotopic (exact) mass is 471 g/mol. The number of hydrogen-bond donors (Lipinski definition) is 1. The SMILES string of the molecule is Cc1ccc(C(=O)N[C@H]2CCCc3ccccc32)c(C2CCN(C(=O)c3ccc(F)cc3)CC2)n1. The molecule has 1 aromatic heterocycles. The maximum absolute atomic E-state index is 13.4. The molecule has 6 heteroatoms. The maximum Gasteiger partial charge on any atom is 0.253 e. The molecule has 1 N–H and O–H groups in total. The summed E-state index contributed by atoms with van der Waals surface area (Å²) in [5.74, 6) is -0.423. The number of hydrogen-bond acceptors (Lipinski definition) is 3. The molecule has 2 aliphatic rings. The number of benzene rings is 2. The van der Waals surface area contributed by atoms with Gasteiger partial charge < -0.3 is 10.2 Å². The smallest absolute Gasteiger partial charge is 0.253 e. The van der Waals surface area contributed by atoms with Gasteiger partial charge in [-0.15, -0.1) is 0 Å². The summed E-state index contributed by atoms with van der Waals surface area (Å²) < 4.78 is 13.2. The molecule has 0 bridgehead atoms. The number of nitrogens with one attached hydrogen (secondary N) is 1. The van der Waals surface area contributed by atoms with Crippen LogP contribution in [0.2, 0.25) is 0 Å². The van der Waals surface area contributed by atoms with Crippen LogP contribution in [0, 0.1) is 12.7 Å². The van der Waals surface area contributed by atoms with Gasteiger partial charge in [0.2, 0.25) is 0 Å². The zero-order chi connectivity index (χ0) is 24.4. The Balaban J connectivity index is 1.30. The van der Waals surface area contributed by atoms with E-state index in [9.17, 15) is 14.0 Å². The lowest BCUT2D eigenvalue weighted by atomic mass is 9.87. The minimum absolute atomic E-state index is 0.0109. The molecular formula is C29H30FN3O2. The second-order valence-electron chi connectivity index (χ2n) is 9.58. The van der Waals surface area contributed by atoms with E-state index in [0.717, 1.165) is 43.5 Å². The number of likely N-dealkylation sites (tertiary alicyclic amines) is 1. The van der Waals surface area contributed by atoms with Crippen molar-refractivity contribution in [2.45, 2.75) is 51.0 Å². The lowest BCUT2D eigenvalue weighted by Crippen LogP contribution is -2.38. The largest absolute Gasteiger partial charge is 0.345 e. The van der Waals surface area contributed by atoms with Crippen LogP contribution in [0.3, 0.4) is 0 Å². The Kier molecular flexibility index (Phi) is 6.62. The molecule has 1 aliphatic carbocycles. The van der Waals surface area contributed by atoms with Gasteiger partial charge in [-0.1, -0.05) is 24.3 Å². The van der Waals surface area contributed by atoms with Gasteiger partial charge >= 0.3 is 0 Å². The normalized spacial score (nSPS) is 18.1. The van der Waals surface area contributed by atoms with Crippen LogP contribution in [-0.2, 0) is 6.42 Å². The van der Waals surface area contributed by atoms with Crippen LogP contribution < -0.4 is 5.32 Å². The number of aromatic nitrogens is 1. The summed E-state index contributed by atoms with van der Waals surface area (Å²) in [6.45, 7) is 3.09. The van der Waals surface area contributed by atoms with E-state index >= 15 is 0 Å². The Morgan fingerprint density at radius 3 is 2.49 bits per heavy atom. The van der Waals surface area contributed by atoms with Crippen molar-refractivity contribution >= 4 is 11.8 Å². The average molecular weight is 472 g/mol. The number of aryl methyl sites for hydroxylation is 2. The van der Waals surface area contributed by atoms with Crippen molar-refractivity contribution in [3.63, 3.8) is 0 Å². The summed E-state index contributed by atoms with van der Waals surface area (Å²) in [5, 5.41) is 3.27. The topological polar surface area (TPSA) is 62.3 Å². The number of nitrogens with zero attached hydrogens (tertiary/aromatic N) is 2. The average Bonchev–Trinajstić information content (AvgIpc) is 2.89. The van der Waals surface area contributed by atoms with Crippen LogP contribution in [0.4, 0.5) is 4.39 Å². The summed E-state index contributed by atoms with van der Waals surface area (Å²) in [5.41, 5.74) is 5.34. The van der Waals surface area contributed by atoms with Gasteiger partial charge in [-0.3, -0.25) is 14.6 Å². The molecule has 1 fully saturated rings. The van der Waals surface area contributed by atoms with Crippen molar-refractivity contribution in [2.24, 2.45) is 0 Å². The van der Waals surface area contributed by atoms with Gasteiger partial charge in [0.05, 0.1) is 17.3 Å². The Bertz CT molecular complexity index is 1230. The Morgan fingerprint density at radius 2 is 1.71 bits per heavy atom. The van der Waals surface area contributed by atoms with Gasteiger partial charge in [-0.25, -0.2) is 4.39 Å². The second kappa shape index (κ2) is 9.98. The highest BCUT2D eigenvalue weighted by Gasteiger charge is 2.29. The summed E-state index contributed by atoms with van der Waals surface area (Å²) in [6, 6.07) is 17.8. The van der Waals surface area contributed by atoms with Crippen molar-refractivity contribution in [2.75, 3.05) is 13.1 Å². The molecule has 1 atom stereocenters. The van der Waals surface area contributed by atoms with E-state index in [1.54, 1.807) is 4.90 Å². The van der Waals surface area contributed by atoms with Gasteiger partial charge in [0.15, 0.2) is 0 Å². The minimum atomic E-state index is -0.353. The Labute approximate surface area is 205 Å². The van der Waals surface area contributed by atoms with E-state index < -0.39 is 0 Å². The van der Waals surface area contributed by atoms with Gasteiger partial charge in [0.1, 0.15) is 5.82 Å². The predicted molar refractivity (Wildman–Crippen MR) is 133 cm³/mol. The highest BCUT2D eigenvalue weighted by atomic mass is 19.1. The number of halogens is 1. The zero-order valence-electron chi connectivity index (χ0n) is 20.0. The molecule has 35 heavy (non-hydrogen) atoms. The van der Waals surface area contributed by atoms with Gasteiger partial charge in [-0.05, 0) is 86.6 Å². The van der Waals surface area contributed by atoms with Crippen LogP contribution in [0.5, 0.6) is 0 Å². The molecule has 180 valence electrons. The van der Waals surface area contributed by atoms with E-state index in [0.29, 0.717) is 24.2 Å². The van der Waals surface area contributed by atoms with Crippen molar-refractivity contribution < 1.29 is 14.0 Å². The van der Waals surface area contributed by atoms with Crippen LogP contribution in [0.15, 0.2) is 60.7 Å². The van der Waals surface area contributed by atoms with Gasteiger partial charge in [-0.2, -0.15) is 0 Å². The Morgan fingerprint density at radius 1 is 0.971 bits per heavy atom. The first kappa shape index (κ1) is 23.2. The first-order chi connectivity index (χ1) is 17.0. The predicted octanol–water partition coefficient (Wildman–Crippen LogP) is 5.36. The summed E-state index contributed by atoms with van der Waals surface area (Å²) in [6.07, 6.45) is 4.50. The van der Waals surface area contributed by atoms with E-state index in [-0.39, 0.29) is 29.6 Å². The molecular weight excluding hydrogens is 441 g/mol. The quantitative estimate of drug-likeness (QED) is 0.558. The molecule has 5 rings (SSSR count). The van der Waals surface area contributed by atoms with Crippen molar-refractivity contribution in [1.29, 1.82) is 0 Å². The number of carbonyl (C=O) groups is 2. The van der Waals surface area contributed by atoms with Gasteiger partial charge in [0, 0.05) is 30.3 Å². The number of fused-ring (bicyclic) bond motifs is 1. The number of pyridine rings is 1. The fourth-order valence-electron chi connectivity index (χ4n) is 5.35. The summed E-state index contributed by atoms with van der Waals surface area (Å²) >= 11 is 0. The molecule has 0 saturated carbocycles. The fourth-order valence-corrected chi connectivity index (χ4v) is 5.35. The van der Waals surface area contributed by atoms with Crippen LogP contribution in [0.1, 0.15) is 80.9 Å². The van der Waals surface area contributed by atoms with Crippen molar-refractivity contribution in [3.8, 4) is 0 Å². The fraction of sp³-hybridized carbons (Fsp3) is 0.345. The second-order valence-corrected chi connectivity index (χ2v) is 9.58. The Hall–Kier alpha value is -3.54. The van der Waals surface area contributed by atoms with E-state index in [2.05, 4.69) is 23.5 Å². The molecule has 0 radical (unpaired) electrons. The molecule has 3 aromatic rings. The zero-order valence-corrected chi connectivity index (χ0v) is 20.0. The molecule has 1 aliphatic heterocycles.